The summed E-state index contributed by atoms with van der Waals surface area (Å²) in [6.45, 7) is 1.85. The van der Waals surface area contributed by atoms with Gasteiger partial charge in [0.25, 0.3) is 0 Å². The summed E-state index contributed by atoms with van der Waals surface area (Å²) in [6.07, 6.45) is -0.375. The molecule has 0 saturated carbocycles. The first kappa shape index (κ1) is 19.3. The molecule has 0 aromatic heterocycles. The van der Waals surface area contributed by atoms with E-state index < -0.39 is 0 Å². The fourth-order valence-corrected chi connectivity index (χ4v) is 4.02. The molecule has 2 atom stereocenters. The van der Waals surface area contributed by atoms with Crippen LogP contribution in [0.25, 0.3) is 10.8 Å². The lowest BCUT2D eigenvalue weighted by Crippen LogP contribution is -2.35. The van der Waals surface area contributed by atoms with Gasteiger partial charge in [-0.25, -0.2) is 0 Å². The minimum Gasteiger partial charge on any atom is -0.391 e. The van der Waals surface area contributed by atoms with Crippen LogP contribution < -0.4 is 10.6 Å². The fourth-order valence-electron chi connectivity index (χ4n) is 2.75. The summed E-state index contributed by atoms with van der Waals surface area (Å²) >= 11 is 7.77. The third kappa shape index (κ3) is 4.55. The number of β-amino-alcohol motifs (C(OH)–C–C–N with tert-alkyl or cyclic N) is 1. The number of hydrogen-bond donors (Lipinski definition) is 3. The van der Waals surface area contributed by atoms with E-state index in [-0.39, 0.29) is 30.3 Å². The Bertz CT molecular complexity index is 709. The molecular formula is C17H20Cl2N2O2S. The zero-order valence-electron chi connectivity index (χ0n) is 13.0. The SMILES string of the molecule is Cl.O=C(CSc1cccc2cccc(Cl)c12)NCC1CNCC1O. The van der Waals surface area contributed by atoms with E-state index in [1.54, 1.807) is 0 Å². The molecule has 1 aliphatic heterocycles. The first-order valence-corrected chi connectivity index (χ1v) is 8.97. The molecular weight excluding hydrogens is 367 g/mol. The van der Waals surface area contributed by atoms with Crippen molar-refractivity contribution in [3.8, 4) is 0 Å². The van der Waals surface area contributed by atoms with E-state index in [9.17, 15) is 9.90 Å². The van der Waals surface area contributed by atoms with E-state index in [0.29, 0.717) is 23.9 Å². The smallest absolute Gasteiger partial charge is 0.230 e. The second-order valence-electron chi connectivity index (χ2n) is 5.67. The van der Waals surface area contributed by atoms with Crippen LogP contribution in [0.5, 0.6) is 0 Å². The second kappa shape index (κ2) is 8.92. The predicted molar refractivity (Wildman–Crippen MR) is 102 cm³/mol. The Kier molecular flexibility index (Phi) is 7.19. The lowest BCUT2D eigenvalue weighted by atomic mass is 10.1. The molecule has 7 heteroatoms. The van der Waals surface area contributed by atoms with Gasteiger partial charge in [0, 0.05) is 40.9 Å². The van der Waals surface area contributed by atoms with Crippen molar-refractivity contribution in [2.24, 2.45) is 5.92 Å². The number of aliphatic hydroxyl groups is 1. The summed E-state index contributed by atoms with van der Waals surface area (Å²) in [5.41, 5.74) is 0. The topological polar surface area (TPSA) is 61.4 Å². The Hall–Kier alpha value is -0.980. The van der Waals surface area contributed by atoms with E-state index in [1.807, 2.05) is 36.4 Å². The maximum atomic E-state index is 12.0. The number of thioether (sulfide) groups is 1. The van der Waals surface area contributed by atoms with E-state index in [4.69, 9.17) is 11.6 Å². The van der Waals surface area contributed by atoms with Gasteiger partial charge in [-0.2, -0.15) is 0 Å². The van der Waals surface area contributed by atoms with Crippen molar-refractivity contribution in [2.45, 2.75) is 11.0 Å². The molecule has 3 N–H and O–H groups in total. The third-order valence-electron chi connectivity index (χ3n) is 4.04. The van der Waals surface area contributed by atoms with Gasteiger partial charge in [-0.3, -0.25) is 4.79 Å². The summed E-state index contributed by atoms with van der Waals surface area (Å²) in [6, 6.07) is 11.8. The van der Waals surface area contributed by atoms with Crippen molar-refractivity contribution < 1.29 is 9.90 Å². The molecule has 1 fully saturated rings. The summed E-state index contributed by atoms with van der Waals surface area (Å²) in [5.74, 6) is 0.398. The van der Waals surface area contributed by atoms with Gasteiger partial charge in [-0.05, 0) is 17.5 Å². The van der Waals surface area contributed by atoms with Crippen molar-refractivity contribution in [3.05, 3.63) is 41.4 Å². The number of halogens is 2. The lowest BCUT2D eigenvalue weighted by Gasteiger charge is -2.14. The zero-order valence-corrected chi connectivity index (χ0v) is 15.4. The van der Waals surface area contributed by atoms with Crippen LogP contribution in [0.15, 0.2) is 41.3 Å². The molecule has 2 aromatic carbocycles. The van der Waals surface area contributed by atoms with Crippen molar-refractivity contribution in [1.29, 1.82) is 0 Å². The van der Waals surface area contributed by atoms with Crippen molar-refractivity contribution in [3.63, 3.8) is 0 Å². The number of fused-ring (bicyclic) bond motifs is 1. The summed E-state index contributed by atoms with van der Waals surface area (Å²) in [4.78, 5) is 13.0. The first-order valence-electron chi connectivity index (χ1n) is 7.60. The van der Waals surface area contributed by atoms with Gasteiger partial charge in [-0.15, -0.1) is 24.2 Å². The quantitative estimate of drug-likeness (QED) is 0.691. The van der Waals surface area contributed by atoms with Crippen LogP contribution in [0.3, 0.4) is 0 Å². The number of amides is 1. The molecule has 2 aromatic rings. The highest BCUT2D eigenvalue weighted by Gasteiger charge is 2.24. The van der Waals surface area contributed by atoms with Gasteiger partial charge in [-0.1, -0.05) is 35.9 Å². The van der Waals surface area contributed by atoms with Gasteiger partial charge in [0.05, 0.1) is 11.9 Å². The number of carbonyl (C=O) groups is 1. The molecule has 0 aliphatic carbocycles. The van der Waals surface area contributed by atoms with E-state index >= 15 is 0 Å². The van der Waals surface area contributed by atoms with Crippen molar-refractivity contribution in [1.82, 2.24) is 10.6 Å². The van der Waals surface area contributed by atoms with Gasteiger partial charge >= 0.3 is 0 Å². The molecule has 130 valence electrons. The molecule has 4 nitrogen and oxygen atoms in total. The first-order chi connectivity index (χ1) is 11.1. The van der Waals surface area contributed by atoms with Crippen LogP contribution in [-0.4, -0.2) is 42.5 Å². The van der Waals surface area contributed by atoms with Crippen LogP contribution in [0.1, 0.15) is 0 Å². The Morgan fingerprint density at radius 2 is 2.04 bits per heavy atom. The number of carbonyl (C=O) groups excluding carboxylic acids is 1. The number of benzene rings is 2. The minimum absolute atomic E-state index is 0. The summed E-state index contributed by atoms with van der Waals surface area (Å²) in [7, 11) is 0. The highest BCUT2D eigenvalue weighted by molar-refractivity contribution is 8.00. The number of hydrogen-bond acceptors (Lipinski definition) is 4. The fraction of sp³-hybridized carbons (Fsp3) is 0.353. The Labute approximate surface area is 156 Å². The molecule has 0 spiro atoms. The van der Waals surface area contributed by atoms with Crippen LogP contribution in [0, 0.1) is 5.92 Å². The highest BCUT2D eigenvalue weighted by atomic mass is 35.5. The molecule has 2 unspecified atom stereocenters. The van der Waals surface area contributed by atoms with E-state index in [0.717, 1.165) is 22.2 Å². The standard InChI is InChI=1S/C17H19ClN2O2S.ClH/c18-13-5-1-3-11-4-2-6-15(17(11)13)23-10-16(22)20-8-12-7-19-9-14(12)21;/h1-6,12,14,19,21H,7-10H2,(H,20,22);1H. The minimum atomic E-state index is -0.375. The molecule has 1 heterocycles. The molecule has 3 rings (SSSR count). The van der Waals surface area contributed by atoms with E-state index in [2.05, 4.69) is 10.6 Å². The average Bonchev–Trinajstić information content (AvgIpc) is 2.96. The van der Waals surface area contributed by atoms with Crippen molar-refractivity contribution in [2.75, 3.05) is 25.4 Å². The Balaban J connectivity index is 0.00000208. The highest BCUT2D eigenvalue weighted by Crippen LogP contribution is 2.33. The zero-order chi connectivity index (χ0) is 16.2. The maximum absolute atomic E-state index is 12.0. The summed E-state index contributed by atoms with van der Waals surface area (Å²) < 4.78 is 0. The van der Waals surface area contributed by atoms with Crippen LogP contribution in [0.4, 0.5) is 0 Å². The van der Waals surface area contributed by atoms with Gasteiger partial charge in [0.15, 0.2) is 0 Å². The molecule has 1 saturated heterocycles. The van der Waals surface area contributed by atoms with Crippen LogP contribution in [-0.2, 0) is 4.79 Å². The largest absolute Gasteiger partial charge is 0.391 e. The number of rotatable bonds is 5. The Morgan fingerprint density at radius 3 is 2.75 bits per heavy atom. The van der Waals surface area contributed by atoms with Gasteiger partial charge < -0.3 is 15.7 Å². The predicted octanol–water partition coefficient (Wildman–Crippen LogP) is 2.70. The molecule has 0 bridgehead atoms. The van der Waals surface area contributed by atoms with E-state index in [1.165, 1.54) is 11.8 Å². The number of aliphatic hydroxyl groups excluding tert-OH is 1. The summed E-state index contributed by atoms with van der Waals surface area (Å²) in [5, 5.41) is 18.5. The molecule has 1 aliphatic rings. The van der Waals surface area contributed by atoms with Gasteiger partial charge in [0.2, 0.25) is 5.91 Å². The van der Waals surface area contributed by atoms with Crippen molar-refractivity contribution >= 4 is 52.4 Å². The average molecular weight is 387 g/mol. The lowest BCUT2D eigenvalue weighted by molar-refractivity contribution is -0.118. The van der Waals surface area contributed by atoms with Crippen LogP contribution >= 0.6 is 35.8 Å². The molecule has 1 amide bonds. The Morgan fingerprint density at radius 1 is 1.29 bits per heavy atom. The molecule has 24 heavy (non-hydrogen) atoms. The third-order valence-corrected chi connectivity index (χ3v) is 5.41. The second-order valence-corrected chi connectivity index (χ2v) is 7.10. The maximum Gasteiger partial charge on any atom is 0.230 e. The van der Waals surface area contributed by atoms with Gasteiger partial charge in [0.1, 0.15) is 0 Å². The molecule has 0 radical (unpaired) electrons. The monoisotopic (exact) mass is 386 g/mol. The normalized spacial score (nSPS) is 19.9. The number of nitrogens with one attached hydrogen (secondary N) is 2. The van der Waals surface area contributed by atoms with Crippen LogP contribution in [0.2, 0.25) is 5.02 Å².